The van der Waals surface area contributed by atoms with E-state index in [-0.39, 0.29) is 0 Å². The second-order valence-corrected chi connectivity index (χ2v) is 3.86. The standard InChI is InChI=1S/C9H15F3N2O4/c1-5(2)14(4-9(10,11)12)8(18)13-6(3-15)7(16)17/h5-6,15H,3-4H2,1-2H3,(H,13,18)(H,16,17). The zero-order valence-electron chi connectivity index (χ0n) is 9.86. The third-order valence-electron chi connectivity index (χ3n) is 2.01. The summed E-state index contributed by atoms with van der Waals surface area (Å²) in [5.74, 6) is -1.53. The summed E-state index contributed by atoms with van der Waals surface area (Å²) in [6, 6.07) is -3.59. The number of alkyl halides is 3. The topological polar surface area (TPSA) is 89.9 Å². The molecule has 0 aliphatic rings. The Bertz CT molecular complexity index is 307. The van der Waals surface area contributed by atoms with Gasteiger partial charge in [-0.05, 0) is 13.8 Å². The molecule has 3 N–H and O–H groups in total. The summed E-state index contributed by atoms with van der Waals surface area (Å²) in [5, 5.41) is 19.0. The van der Waals surface area contributed by atoms with Crippen molar-refractivity contribution in [1.29, 1.82) is 0 Å². The van der Waals surface area contributed by atoms with Gasteiger partial charge in [-0.1, -0.05) is 0 Å². The van der Waals surface area contributed by atoms with Crippen molar-refractivity contribution in [1.82, 2.24) is 10.2 Å². The van der Waals surface area contributed by atoms with Crippen LogP contribution in [0, 0.1) is 0 Å². The molecule has 1 atom stereocenters. The Morgan fingerprint density at radius 3 is 2.11 bits per heavy atom. The minimum absolute atomic E-state index is 0.436. The lowest BCUT2D eigenvalue weighted by atomic mass is 10.3. The van der Waals surface area contributed by atoms with E-state index in [2.05, 4.69) is 0 Å². The molecular weight excluding hydrogens is 257 g/mol. The Kier molecular flexibility index (Phi) is 5.89. The molecule has 0 spiro atoms. The average molecular weight is 272 g/mol. The molecule has 0 bridgehead atoms. The molecule has 9 heteroatoms. The fourth-order valence-corrected chi connectivity index (χ4v) is 1.10. The molecule has 0 radical (unpaired) electrons. The number of nitrogens with one attached hydrogen (secondary N) is 1. The largest absolute Gasteiger partial charge is 0.480 e. The van der Waals surface area contributed by atoms with E-state index in [0.29, 0.717) is 4.90 Å². The van der Waals surface area contributed by atoms with Crippen molar-refractivity contribution in [2.24, 2.45) is 0 Å². The van der Waals surface area contributed by atoms with Crippen LogP contribution in [0.3, 0.4) is 0 Å². The summed E-state index contributed by atoms with van der Waals surface area (Å²) in [4.78, 5) is 22.4. The number of nitrogens with zero attached hydrogens (tertiary/aromatic N) is 1. The zero-order chi connectivity index (χ0) is 14.5. The van der Waals surface area contributed by atoms with Crippen molar-refractivity contribution in [2.45, 2.75) is 32.1 Å². The lowest BCUT2D eigenvalue weighted by Gasteiger charge is -2.28. The summed E-state index contributed by atoms with van der Waals surface area (Å²) in [5.41, 5.74) is 0. The summed E-state index contributed by atoms with van der Waals surface area (Å²) in [7, 11) is 0. The number of hydrogen-bond donors (Lipinski definition) is 3. The molecular formula is C9H15F3N2O4. The van der Waals surface area contributed by atoms with Crippen LogP contribution in [0.25, 0.3) is 0 Å². The van der Waals surface area contributed by atoms with Crippen LogP contribution >= 0.6 is 0 Å². The molecule has 6 nitrogen and oxygen atoms in total. The number of carbonyl (C=O) groups is 2. The lowest BCUT2D eigenvalue weighted by Crippen LogP contribution is -2.53. The van der Waals surface area contributed by atoms with E-state index in [1.807, 2.05) is 5.32 Å². The third-order valence-corrected chi connectivity index (χ3v) is 2.01. The molecule has 0 heterocycles. The summed E-state index contributed by atoms with van der Waals surface area (Å²) >= 11 is 0. The van der Waals surface area contributed by atoms with Crippen LogP contribution in [-0.2, 0) is 4.79 Å². The Hall–Kier alpha value is -1.51. The Labute approximate surface area is 101 Å². The fourth-order valence-electron chi connectivity index (χ4n) is 1.10. The van der Waals surface area contributed by atoms with Gasteiger partial charge in [-0.2, -0.15) is 13.2 Å². The third kappa shape index (κ3) is 5.71. The molecule has 106 valence electrons. The number of carboxylic acid groups (broad SMARTS) is 1. The van der Waals surface area contributed by atoms with E-state index in [1.54, 1.807) is 0 Å². The highest BCUT2D eigenvalue weighted by molar-refractivity contribution is 5.82. The molecule has 0 aromatic carbocycles. The number of carboxylic acids is 1. The first-order valence-electron chi connectivity index (χ1n) is 5.06. The molecule has 0 fully saturated rings. The molecule has 0 aromatic heterocycles. The van der Waals surface area contributed by atoms with E-state index in [4.69, 9.17) is 10.2 Å². The maximum Gasteiger partial charge on any atom is 0.406 e. The van der Waals surface area contributed by atoms with Gasteiger partial charge in [0.1, 0.15) is 6.54 Å². The molecule has 0 aromatic rings. The number of amides is 2. The van der Waals surface area contributed by atoms with Crippen LogP contribution in [0.5, 0.6) is 0 Å². The van der Waals surface area contributed by atoms with Crippen LogP contribution in [0.4, 0.5) is 18.0 Å². The highest BCUT2D eigenvalue weighted by Crippen LogP contribution is 2.18. The smallest absolute Gasteiger partial charge is 0.406 e. The minimum atomic E-state index is -4.58. The molecule has 0 aliphatic carbocycles. The molecule has 0 saturated heterocycles. The first-order chi connectivity index (χ1) is 8.08. The minimum Gasteiger partial charge on any atom is -0.480 e. The second-order valence-electron chi connectivity index (χ2n) is 3.86. The normalized spacial score (nSPS) is 13.3. The van der Waals surface area contributed by atoms with Gasteiger partial charge in [0.05, 0.1) is 6.61 Å². The van der Waals surface area contributed by atoms with Crippen molar-refractivity contribution >= 4 is 12.0 Å². The second kappa shape index (κ2) is 6.43. The predicted octanol–water partition coefficient (Wildman–Crippen LogP) is 0.414. The Balaban J connectivity index is 4.72. The molecule has 0 aliphatic heterocycles. The zero-order valence-corrected chi connectivity index (χ0v) is 9.86. The highest BCUT2D eigenvalue weighted by atomic mass is 19.4. The number of aliphatic carboxylic acids is 1. The number of aliphatic hydroxyl groups excluding tert-OH is 1. The van der Waals surface area contributed by atoms with Gasteiger partial charge >= 0.3 is 18.2 Å². The average Bonchev–Trinajstić information content (AvgIpc) is 2.20. The van der Waals surface area contributed by atoms with Crippen molar-refractivity contribution in [2.75, 3.05) is 13.2 Å². The van der Waals surface area contributed by atoms with E-state index in [9.17, 15) is 22.8 Å². The van der Waals surface area contributed by atoms with Crippen LogP contribution in [0.15, 0.2) is 0 Å². The summed E-state index contributed by atoms with van der Waals surface area (Å²) in [6.07, 6.45) is -4.58. The van der Waals surface area contributed by atoms with Crippen molar-refractivity contribution in [3.8, 4) is 0 Å². The number of hydrogen-bond acceptors (Lipinski definition) is 3. The van der Waals surface area contributed by atoms with Gasteiger partial charge in [0, 0.05) is 6.04 Å². The first-order valence-corrected chi connectivity index (χ1v) is 5.06. The van der Waals surface area contributed by atoms with Gasteiger partial charge in [0.2, 0.25) is 0 Å². The highest BCUT2D eigenvalue weighted by Gasteiger charge is 2.35. The molecule has 0 saturated carbocycles. The monoisotopic (exact) mass is 272 g/mol. The maximum absolute atomic E-state index is 12.2. The van der Waals surface area contributed by atoms with Crippen molar-refractivity contribution in [3.63, 3.8) is 0 Å². The van der Waals surface area contributed by atoms with Crippen LogP contribution in [0.1, 0.15) is 13.8 Å². The van der Waals surface area contributed by atoms with Crippen molar-refractivity contribution in [3.05, 3.63) is 0 Å². The number of aliphatic hydroxyl groups is 1. The lowest BCUT2D eigenvalue weighted by molar-refractivity contribution is -0.143. The SMILES string of the molecule is CC(C)N(CC(F)(F)F)C(=O)NC(CO)C(=O)O. The van der Waals surface area contributed by atoms with E-state index < -0.39 is 43.4 Å². The maximum atomic E-state index is 12.2. The van der Waals surface area contributed by atoms with Crippen LogP contribution < -0.4 is 5.32 Å². The van der Waals surface area contributed by atoms with Crippen LogP contribution in [-0.4, -0.2) is 58.5 Å². The van der Waals surface area contributed by atoms with Crippen LogP contribution in [0.2, 0.25) is 0 Å². The van der Waals surface area contributed by atoms with Gasteiger partial charge in [0.25, 0.3) is 0 Å². The number of halogens is 3. The quantitative estimate of drug-likeness (QED) is 0.676. The van der Waals surface area contributed by atoms with Gasteiger partial charge in [0.15, 0.2) is 6.04 Å². The first kappa shape index (κ1) is 16.5. The fraction of sp³-hybridized carbons (Fsp3) is 0.778. The molecule has 0 rings (SSSR count). The molecule has 1 unspecified atom stereocenters. The Morgan fingerprint density at radius 1 is 1.33 bits per heavy atom. The predicted molar refractivity (Wildman–Crippen MR) is 54.9 cm³/mol. The summed E-state index contributed by atoms with van der Waals surface area (Å²) in [6.45, 7) is 0.327. The van der Waals surface area contributed by atoms with Gasteiger partial charge < -0.3 is 20.4 Å². The number of urea groups is 1. The van der Waals surface area contributed by atoms with E-state index in [1.165, 1.54) is 13.8 Å². The number of carbonyl (C=O) groups excluding carboxylic acids is 1. The molecule has 18 heavy (non-hydrogen) atoms. The molecule has 2 amide bonds. The van der Waals surface area contributed by atoms with E-state index >= 15 is 0 Å². The number of rotatable bonds is 5. The van der Waals surface area contributed by atoms with Crippen molar-refractivity contribution < 1.29 is 33.0 Å². The van der Waals surface area contributed by atoms with E-state index in [0.717, 1.165) is 0 Å². The van der Waals surface area contributed by atoms with Gasteiger partial charge in [-0.15, -0.1) is 0 Å². The summed E-state index contributed by atoms with van der Waals surface area (Å²) < 4.78 is 36.7. The Morgan fingerprint density at radius 2 is 1.83 bits per heavy atom. The van der Waals surface area contributed by atoms with Gasteiger partial charge in [-0.3, -0.25) is 0 Å². The van der Waals surface area contributed by atoms with Gasteiger partial charge in [-0.25, -0.2) is 9.59 Å².